The maximum atomic E-state index is 5.82. The van der Waals surface area contributed by atoms with Gasteiger partial charge in [0, 0.05) is 18.0 Å². The van der Waals surface area contributed by atoms with Crippen molar-refractivity contribution in [2.75, 3.05) is 6.61 Å². The Labute approximate surface area is 159 Å². The van der Waals surface area contributed by atoms with Crippen LogP contribution in [-0.4, -0.2) is 16.6 Å². The monoisotopic (exact) mass is 354 g/mol. The van der Waals surface area contributed by atoms with Gasteiger partial charge in [-0.25, -0.2) is 9.97 Å². The highest BCUT2D eigenvalue weighted by molar-refractivity contribution is 5.55. The summed E-state index contributed by atoms with van der Waals surface area (Å²) in [5.41, 5.74) is 2.27. The fraction of sp³-hybridized carbons (Fsp3) is 0.565. The van der Waals surface area contributed by atoms with Crippen LogP contribution in [0, 0.1) is 0 Å². The highest BCUT2D eigenvalue weighted by Crippen LogP contribution is 2.20. The third kappa shape index (κ3) is 7.55. The molecule has 1 aromatic carbocycles. The molecule has 0 amide bonds. The molecule has 3 heteroatoms. The summed E-state index contributed by atoms with van der Waals surface area (Å²) >= 11 is 0. The number of aryl methyl sites for hydroxylation is 1. The molecule has 0 aliphatic carbocycles. The first kappa shape index (κ1) is 20.4. The lowest BCUT2D eigenvalue weighted by Crippen LogP contribution is -1.97. The minimum Gasteiger partial charge on any atom is -0.494 e. The van der Waals surface area contributed by atoms with Crippen molar-refractivity contribution in [3.63, 3.8) is 0 Å². The molecule has 142 valence electrons. The Kier molecular flexibility index (Phi) is 9.78. The Morgan fingerprint density at radius 1 is 0.731 bits per heavy atom. The quantitative estimate of drug-likeness (QED) is 0.379. The van der Waals surface area contributed by atoms with E-state index in [1.54, 1.807) is 0 Å². The van der Waals surface area contributed by atoms with Crippen molar-refractivity contribution in [2.45, 2.75) is 78.1 Å². The summed E-state index contributed by atoms with van der Waals surface area (Å²) in [6.45, 7) is 5.27. The molecular formula is C23H34N2O. The van der Waals surface area contributed by atoms with Crippen molar-refractivity contribution in [3.8, 4) is 17.1 Å². The minimum atomic E-state index is 0.786. The smallest absolute Gasteiger partial charge is 0.159 e. The molecule has 0 saturated carbocycles. The van der Waals surface area contributed by atoms with E-state index in [9.17, 15) is 0 Å². The van der Waals surface area contributed by atoms with Crippen LogP contribution in [0.5, 0.6) is 5.75 Å². The van der Waals surface area contributed by atoms with Gasteiger partial charge in [-0.05, 0) is 49.1 Å². The molecule has 2 rings (SSSR count). The lowest BCUT2D eigenvalue weighted by atomic mass is 10.1. The van der Waals surface area contributed by atoms with Gasteiger partial charge in [-0.15, -0.1) is 0 Å². The second-order valence-electron chi connectivity index (χ2n) is 7.01. The van der Waals surface area contributed by atoms with Gasteiger partial charge in [0.1, 0.15) is 5.75 Å². The maximum Gasteiger partial charge on any atom is 0.159 e. The lowest BCUT2D eigenvalue weighted by molar-refractivity contribution is 0.304. The number of ether oxygens (including phenoxy) is 1. The molecule has 0 aliphatic rings. The van der Waals surface area contributed by atoms with E-state index >= 15 is 0 Å². The second-order valence-corrected chi connectivity index (χ2v) is 7.01. The highest BCUT2D eigenvalue weighted by atomic mass is 16.5. The van der Waals surface area contributed by atoms with Crippen molar-refractivity contribution < 1.29 is 4.74 Å². The van der Waals surface area contributed by atoms with E-state index in [4.69, 9.17) is 4.74 Å². The molecule has 0 radical (unpaired) electrons. The van der Waals surface area contributed by atoms with Gasteiger partial charge in [0.15, 0.2) is 5.82 Å². The first-order valence-corrected chi connectivity index (χ1v) is 10.4. The van der Waals surface area contributed by atoms with Gasteiger partial charge in [-0.1, -0.05) is 58.8 Å². The van der Waals surface area contributed by atoms with Crippen molar-refractivity contribution >= 4 is 0 Å². The molecule has 0 aliphatic heterocycles. The Bertz CT molecular complexity index is 593. The molecule has 3 nitrogen and oxygen atoms in total. The van der Waals surface area contributed by atoms with Crippen LogP contribution in [-0.2, 0) is 6.42 Å². The van der Waals surface area contributed by atoms with Crippen molar-refractivity contribution in [2.24, 2.45) is 0 Å². The molecule has 2 aromatic rings. The van der Waals surface area contributed by atoms with Crippen LogP contribution in [0.4, 0.5) is 0 Å². The summed E-state index contributed by atoms with van der Waals surface area (Å²) in [5.74, 6) is 1.71. The van der Waals surface area contributed by atoms with Gasteiger partial charge < -0.3 is 4.74 Å². The molecule has 0 atom stereocenters. The number of rotatable bonds is 13. The van der Waals surface area contributed by atoms with Crippen LogP contribution < -0.4 is 4.74 Å². The number of hydrogen-bond acceptors (Lipinski definition) is 3. The Morgan fingerprint density at radius 3 is 2.00 bits per heavy atom. The van der Waals surface area contributed by atoms with Gasteiger partial charge in [0.05, 0.1) is 6.61 Å². The summed E-state index contributed by atoms with van der Waals surface area (Å²) in [4.78, 5) is 9.06. The topological polar surface area (TPSA) is 35.0 Å². The zero-order valence-corrected chi connectivity index (χ0v) is 16.5. The fourth-order valence-corrected chi connectivity index (χ4v) is 2.98. The predicted octanol–water partition coefficient (Wildman–Crippen LogP) is 6.62. The van der Waals surface area contributed by atoms with Crippen LogP contribution in [0.25, 0.3) is 11.4 Å². The molecule has 0 bridgehead atoms. The number of hydrogen-bond donors (Lipinski definition) is 0. The van der Waals surface area contributed by atoms with Crippen LogP contribution in [0.1, 0.15) is 77.2 Å². The van der Waals surface area contributed by atoms with Crippen LogP contribution >= 0.6 is 0 Å². The molecule has 26 heavy (non-hydrogen) atoms. The Morgan fingerprint density at radius 2 is 1.35 bits per heavy atom. The maximum absolute atomic E-state index is 5.82. The number of unbranched alkanes of at least 4 members (excludes halogenated alkanes) is 7. The molecule has 0 saturated heterocycles. The van der Waals surface area contributed by atoms with E-state index in [1.807, 2.05) is 36.7 Å². The number of nitrogens with zero attached hydrogens (tertiary/aromatic N) is 2. The third-order valence-electron chi connectivity index (χ3n) is 4.65. The van der Waals surface area contributed by atoms with Crippen molar-refractivity contribution in [1.29, 1.82) is 0 Å². The second kappa shape index (κ2) is 12.5. The molecule has 0 unspecified atom stereocenters. The average Bonchev–Trinajstić information content (AvgIpc) is 2.69. The zero-order valence-electron chi connectivity index (χ0n) is 16.5. The van der Waals surface area contributed by atoms with Crippen molar-refractivity contribution in [3.05, 3.63) is 42.2 Å². The summed E-state index contributed by atoms with van der Waals surface area (Å²) < 4.78 is 5.82. The third-order valence-corrected chi connectivity index (χ3v) is 4.65. The first-order valence-electron chi connectivity index (χ1n) is 10.4. The van der Waals surface area contributed by atoms with E-state index in [2.05, 4.69) is 23.8 Å². The highest BCUT2D eigenvalue weighted by Gasteiger charge is 2.03. The predicted molar refractivity (Wildman–Crippen MR) is 110 cm³/mol. The van der Waals surface area contributed by atoms with Crippen LogP contribution in [0.15, 0.2) is 36.7 Å². The fourth-order valence-electron chi connectivity index (χ4n) is 2.98. The average molecular weight is 355 g/mol. The standard InChI is InChI=1S/C23H34N2O/c1-3-5-7-9-11-17-26-22-15-13-21(14-16-22)23-24-18-20(19-25-23)12-10-8-6-4-2/h13-16,18-19H,3-12,17H2,1-2H3. The Hall–Kier alpha value is -1.90. The van der Waals surface area contributed by atoms with E-state index in [0.717, 1.165) is 36.6 Å². The number of benzene rings is 1. The molecule has 1 heterocycles. The van der Waals surface area contributed by atoms with Crippen LogP contribution in [0.2, 0.25) is 0 Å². The molecule has 0 spiro atoms. The van der Waals surface area contributed by atoms with Gasteiger partial charge in [-0.3, -0.25) is 0 Å². The first-order chi connectivity index (χ1) is 12.8. The van der Waals surface area contributed by atoms with Gasteiger partial charge in [0.2, 0.25) is 0 Å². The summed E-state index contributed by atoms with van der Waals surface area (Å²) in [5, 5.41) is 0. The van der Waals surface area contributed by atoms with Gasteiger partial charge >= 0.3 is 0 Å². The molecular weight excluding hydrogens is 320 g/mol. The minimum absolute atomic E-state index is 0.786. The lowest BCUT2D eigenvalue weighted by Gasteiger charge is -2.07. The molecule has 1 aromatic heterocycles. The van der Waals surface area contributed by atoms with Gasteiger partial charge in [-0.2, -0.15) is 0 Å². The van der Waals surface area contributed by atoms with E-state index < -0.39 is 0 Å². The van der Waals surface area contributed by atoms with E-state index in [-0.39, 0.29) is 0 Å². The summed E-state index contributed by atoms with van der Waals surface area (Å²) in [6.07, 6.45) is 16.4. The summed E-state index contributed by atoms with van der Waals surface area (Å²) in [7, 11) is 0. The van der Waals surface area contributed by atoms with E-state index in [0.29, 0.717) is 0 Å². The van der Waals surface area contributed by atoms with Crippen molar-refractivity contribution in [1.82, 2.24) is 9.97 Å². The normalized spacial score (nSPS) is 10.8. The van der Waals surface area contributed by atoms with Crippen LogP contribution in [0.3, 0.4) is 0 Å². The number of aromatic nitrogens is 2. The summed E-state index contributed by atoms with van der Waals surface area (Å²) in [6, 6.07) is 8.12. The van der Waals surface area contributed by atoms with Gasteiger partial charge in [0.25, 0.3) is 0 Å². The van der Waals surface area contributed by atoms with E-state index in [1.165, 1.54) is 56.9 Å². The Balaban J connectivity index is 1.76. The largest absolute Gasteiger partial charge is 0.494 e. The molecule has 0 fully saturated rings. The SMILES string of the molecule is CCCCCCCOc1ccc(-c2ncc(CCCCCC)cn2)cc1. The zero-order chi connectivity index (χ0) is 18.5. The molecule has 0 N–H and O–H groups in total.